The fraction of sp³-hybridized carbons (Fsp3) is 0.692. The predicted octanol–water partition coefficient (Wildman–Crippen LogP) is 6.26. The molecule has 4 heteroatoms. The maximum atomic E-state index is 12.7. The Hall–Kier alpha value is -1.86. The first-order valence-electron chi connectivity index (χ1n) is 11.8. The Morgan fingerprint density at radius 3 is 2.17 bits per heavy atom. The van der Waals surface area contributed by atoms with Gasteiger partial charge in [-0.3, -0.25) is 4.79 Å². The zero-order chi connectivity index (χ0) is 21.3. The molecule has 4 nitrogen and oxygen atoms in total. The first-order chi connectivity index (χ1) is 14.6. The summed E-state index contributed by atoms with van der Waals surface area (Å²) < 4.78 is 11.0. The Balaban J connectivity index is 1.44. The molecule has 1 atom stereocenters. The fourth-order valence-corrected chi connectivity index (χ4v) is 5.45. The monoisotopic (exact) mass is 411 g/mol. The number of ether oxygens (including phenoxy) is 2. The van der Waals surface area contributed by atoms with Gasteiger partial charge in [-0.25, -0.2) is 0 Å². The summed E-state index contributed by atoms with van der Waals surface area (Å²) in [5.41, 5.74) is 1.000. The molecule has 2 saturated carbocycles. The minimum atomic E-state index is -0.0876. The first kappa shape index (κ1) is 22.8. The van der Waals surface area contributed by atoms with Gasteiger partial charge in [0.25, 0.3) is 0 Å². The summed E-state index contributed by atoms with van der Waals surface area (Å²) in [5.74, 6) is 2.80. The number of benzene rings is 1. The van der Waals surface area contributed by atoms with Gasteiger partial charge in [0.05, 0.1) is 17.9 Å². The maximum Gasteiger partial charge on any atom is 0.314 e. The molecule has 30 heavy (non-hydrogen) atoms. The molecule has 1 aromatic rings. The van der Waals surface area contributed by atoms with Crippen LogP contribution >= 0.6 is 0 Å². The van der Waals surface area contributed by atoms with Gasteiger partial charge >= 0.3 is 5.97 Å². The maximum absolute atomic E-state index is 12.7. The average molecular weight is 412 g/mol. The van der Waals surface area contributed by atoms with Crippen LogP contribution in [0.4, 0.5) is 0 Å². The van der Waals surface area contributed by atoms with Gasteiger partial charge in [-0.1, -0.05) is 25.5 Å². The Bertz CT molecular complexity index is 692. The number of nitriles is 1. The first-order valence-corrected chi connectivity index (χ1v) is 11.8. The van der Waals surface area contributed by atoms with Crippen LogP contribution in [0.1, 0.15) is 82.6 Å². The molecule has 1 unspecified atom stereocenters. The highest BCUT2D eigenvalue weighted by Gasteiger charge is 2.33. The van der Waals surface area contributed by atoms with Crippen LogP contribution in [0.15, 0.2) is 24.3 Å². The highest BCUT2D eigenvalue weighted by molar-refractivity contribution is 5.75. The topological polar surface area (TPSA) is 59.3 Å². The van der Waals surface area contributed by atoms with E-state index < -0.39 is 0 Å². The molecular weight excluding hydrogens is 374 g/mol. The van der Waals surface area contributed by atoms with Crippen molar-refractivity contribution in [2.75, 3.05) is 13.7 Å². The minimum absolute atomic E-state index is 0.0257. The molecule has 2 aliphatic rings. The van der Waals surface area contributed by atoms with Gasteiger partial charge in [-0.05, 0) is 93.2 Å². The molecule has 0 spiro atoms. The molecule has 164 valence electrons. The van der Waals surface area contributed by atoms with Crippen LogP contribution in [0.2, 0.25) is 0 Å². The highest BCUT2D eigenvalue weighted by Crippen LogP contribution is 2.41. The molecule has 2 fully saturated rings. The van der Waals surface area contributed by atoms with E-state index in [1.807, 2.05) is 24.3 Å². The normalized spacial score (nSPS) is 27.8. The summed E-state index contributed by atoms with van der Waals surface area (Å²) in [6, 6.07) is 9.86. The van der Waals surface area contributed by atoms with E-state index in [1.165, 1.54) is 25.7 Å². The lowest BCUT2D eigenvalue weighted by molar-refractivity contribution is -0.140. The summed E-state index contributed by atoms with van der Waals surface area (Å²) in [6.45, 7) is 2.99. The number of methoxy groups -OCH3 is 1. The number of nitrogens with zero attached hydrogens (tertiary/aromatic N) is 1. The number of esters is 1. The van der Waals surface area contributed by atoms with E-state index in [2.05, 4.69) is 13.0 Å². The van der Waals surface area contributed by atoms with Gasteiger partial charge in [0.2, 0.25) is 0 Å². The van der Waals surface area contributed by atoms with E-state index in [-0.39, 0.29) is 17.8 Å². The van der Waals surface area contributed by atoms with Gasteiger partial charge in [0, 0.05) is 13.7 Å². The molecular formula is C26H37NO3. The summed E-state index contributed by atoms with van der Waals surface area (Å²) in [5, 5.41) is 9.31. The van der Waals surface area contributed by atoms with Crippen LogP contribution in [-0.2, 0) is 9.53 Å². The van der Waals surface area contributed by atoms with Gasteiger partial charge in [-0.15, -0.1) is 0 Å². The van der Waals surface area contributed by atoms with Crippen LogP contribution in [0, 0.1) is 35.0 Å². The Morgan fingerprint density at radius 1 is 1.03 bits per heavy atom. The number of hydrogen-bond donors (Lipinski definition) is 0. The van der Waals surface area contributed by atoms with E-state index in [0.717, 1.165) is 68.4 Å². The van der Waals surface area contributed by atoms with E-state index in [9.17, 15) is 10.1 Å². The van der Waals surface area contributed by atoms with E-state index in [4.69, 9.17) is 9.47 Å². The summed E-state index contributed by atoms with van der Waals surface area (Å²) in [6.07, 6.45) is 11.3. The number of hydrogen-bond acceptors (Lipinski definition) is 4. The molecule has 0 radical (unpaired) electrons. The Kier molecular flexibility index (Phi) is 8.75. The van der Waals surface area contributed by atoms with Gasteiger partial charge in [0.15, 0.2) is 0 Å². The summed E-state index contributed by atoms with van der Waals surface area (Å²) >= 11 is 0. The van der Waals surface area contributed by atoms with Crippen molar-refractivity contribution in [2.24, 2.45) is 23.7 Å². The second-order valence-corrected chi connectivity index (χ2v) is 9.31. The van der Waals surface area contributed by atoms with Crippen LogP contribution in [0.5, 0.6) is 5.75 Å². The lowest BCUT2D eigenvalue weighted by Crippen LogP contribution is -2.30. The van der Waals surface area contributed by atoms with Crippen molar-refractivity contribution in [3.05, 3.63) is 29.8 Å². The van der Waals surface area contributed by atoms with E-state index in [1.54, 1.807) is 7.11 Å². The van der Waals surface area contributed by atoms with Crippen molar-refractivity contribution < 1.29 is 14.3 Å². The lowest BCUT2D eigenvalue weighted by atomic mass is 9.69. The molecule has 0 aromatic heterocycles. The zero-order valence-corrected chi connectivity index (χ0v) is 18.6. The number of carbonyl (C=O) groups is 1. The lowest BCUT2D eigenvalue weighted by Gasteiger charge is -2.37. The minimum Gasteiger partial charge on any atom is -0.426 e. The van der Waals surface area contributed by atoms with Crippen LogP contribution in [-0.4, -0.2) is 19.7 Å². The zero-order valence-electron chi connectivity index (χ0n) is 18.6. The molecule has 0 heterocycles. The third-order valence-corrected chi connectivity index (χ3v) is 7.30. The average Bonchev–Trinajstić information content (AvgIpc) is 2.79. The van der Waals surface area contributed by atoms with Crippen LogP contribution in [0.3, 0.4) is 0 Å². The molecule has 0 amide bonds. The highest BCUT2D eigenvalue weighted by atomic mass is 16.5. The SMILES string of the molecule is CCCC(C#N)c1ccc(OC(=O)[C@H]2CC[C@H]([C@H]3CC[C@H](COC)CC3)CC2)cc1. The predicted molar refractivity (Wildman–Crippen MR) is 118 cm³/mol. The third-order valence-electron chi connectivity index (χ3n) is 7.30. The molecule has 0 N–H and O–H groups in total. The Labute approximate surface area is 181 Å². The molecule has 0 saturated heterocycles. The third kappa shape index (κ3) is 6.08. The largest absolute Gasteiger partial charge is 0.426 e. The van der Waals surface area contributed by atoms with Gasteiger partial charge in [0.1, 0.15) is 5.75 Å². The number of carbonyl (C=O) groups excluding carboxylic acids is 1. The van der Waals surface area contributed by atoms with Gasteiger partial charge in [-0.2, -0.15) is 5.26 Å². The van der Waals surface area contributed by atoms with Crippen molar-refractivity contribution in [1.82, 2.24) is 0 Å². The number of rotatable bonds is 8. The van der Waals surface area contributed by atoms with Crippen molar-refractivity contribution in [3.63, 3.8) is 0 Å². The summed E-state index contributed by atoms with van der Waals surface area (Å²) in [4.78, 5) is 12.7. The van der Waals surface area contributed by atoms with Crippen molar-refractivity contribution >= 4 is 5.97 Å². The molecule has 2 aliphatic carbocycles. The fourth-order valence-electron chi connectivity index (χ4n) is 5.45. The molecule has 0 aliphatic heterocycles. The molecule has 0 bridgehead atoms. The molecule has 1 aromatic carbocycles. The molecule has 3 rings (SSSR count). The van der Waals surface area contributed by atoms with E-state index >= 15 is 0 Å². The van der Waals surface area contributed by atoms with Crippen molar-refractivity contribution in [2.45, 2.75) is 77.0 Å². The standard InChI is InChI=1S/C26H37NO3/c1-3-4-24(17-27)22-13-15-25(16-14-22)30-26(28)23-11-9-21(10-12-23)20-7-5-19(6-8-20)18-29-2/h13-16,19-21,23-24H,3-12,18H2,1-2H3/t19-,20-,21-,23-,24?. The smallest absolute Gasteiger partial charge is 0.314 e. The second kappa shape index (κ2) is 11.5. The van der Waals surface area contributed by atoms with Gasteiger partial charge < -0.3 is 9.47 Å². The van der Waals surface area contributed by atoms with E-state index in [0.29, 0.717) is 5.75 Å². The van der Waals surface area contributed by atoms with Crippen LogP contribution < -0.4 is 4.74 Å². The Morgan fingerprint density at radius 2 is 1.63 bits per heavy atom. The quantitative estimate of drug-likeness (QED) is 0.374. The summed E-state index contributed by atoms with van der Waals surface area (Å²) in [7, 11) is 1.80. The van der Waals surface area contributed by atoms with Crippen molar-refractivity contribution in [1.29, 1.82) is 5.26 Å². The van der Waals surface area contributed by atoms with Crippen molar-refractivity contribution in [3.8, 4) is 11.8 Å². The second-order valence-electron chi connectivity index (χ2n) is 9.31. The van der Waals surface area contributed by atoms with Crippen LogP contribution in [0.25, 0.3) is 0 Å².